The van der Waals surface area contributed by atoms with E-state index in [1.54, 1.807) is 32.4 Å². The molecule has 2 heterocycles. The van der Waals surface area contributed by atoms with Crippen LogP contribution < -0.4 is 14.8 Å². The van der Waals surface area contributed by atoms with Gasteiger partial charge in [0.1, 0.15) is 5.82 Å². The summed E-state index contributed by atoms with van der Waals surface area (Å²) in [5.41, 5.74) is 3.17. The van der Waals surface area contributed by atoms with Crippen LogP contribution in [0.3, 0.4) is 0 Å². The van der Waals surface area contributed by atoms with Gasteiger partial charge in [0.15, 0.2) is 17.3 Å². The molecule has 0 bridgehead atoms. The van der Waals surface area contributed by atoms with Gasteiger partial charge in [0.25, 0.3) is 5.91 Å². The lowest BCUT2D eigenvalue weighted by molar-refractivity contribution is 0.102. The molecule has 0 saturated heterocycles. The SMILES string of the molecule is COc1ccc(C(=O)Nc2cc(-c3nnc4n3CCCCC4)ccc2C)cc1OC. The smallest absolute Gasteiger partial charge is 0.255 e. The Balaban J connectivity index is 1.62. The van der Waals surface area contributed by atoms with Crippen molar-refractivity contribution in [2.45, 2.75) is 39.2 Å². The van der Waals surface area contributed by atoms with E-state index in [0.717, 1.165) is 54.3 Å². The van der Waals surface area contributed by atoms with E-state index in [1.165, 1.54) is 6.42 Å². The summed E-state index contributed by atoms with van der Waals surface area (Å²) < 4.78 is 12.8. The lowest BCUT2D eigenvalue weighted by atomic mass is 10.1. The second kappa shape index (κ2) is 8.57. The minimum atomic E-state index is -0.212. The molecule has 4 rings (SSSR count). The summed E-state index contributed by atoms with van der Waals surface area (Å²) in [6, 6.07) is 11.1. The number of amides is 1. The van der Waals surface area contributed by atoms with Crippen molar-refractivity contribution in [1.29, 1.82) is 0 Å². The van der Waals surface area contributed by atoms with E-state index in [9.17, 15) is 4.79 Å². The summed E-state index contributed by atoms with van der Waals surface area (Å²) in [5, 5.41) is 11.8. The second-order valence-corrected chi connectivity index (χ2v) is 7.46. The van der Waals surface area contributed by atoms with Gasteiger partial charge in [0.05, 0.1) is 14.2 Å². The Bertz CT molecular complexity index is 1070. The summed E-state index contributed by atoms with van der Waals surface area (Å²) in [6.07, 6.45) is 4.45. The van der Waals surface area contributed by atoms with Gasteiger partial charge in [0, 0.05) is 29.8 Å². The molecule has 0 saturated carbocycles. The highest BCUT2D eigenvalue weighted by atomic mass is 16.5. The first-order valence-corrected chi connectivity index (χ1v) is 10.2. The van der Waals surface area contributed by atoms with E-state index in [4.69, 9.17) is 9.47 Å². The molecule has 0 atom stereocenters. The van der Waals surface area contributed by atoms with Crippen LogP contribution in [0.2, 0.25) is 0 Å². The molecule has 3 aromatic rings. The zero-order valence-corrected chi connectivity index (χ0v) is 17.6. The van der Waals surface area contributed by atoms with Gasteiger partial charge in [-0.15, -0.1) is 10.2 Å². The highest BCUT2D eigenvalue weighted by Crippen LogP contribution is 2.29. The van der Waals surface area contributed by atoms with Crippen molar-refractivity contribution >= 4 is 11.6 Å². The number of anilines is 1. The van der Waals surface area contributed by atoms with Gasteiger partial charge in [0.2, 0.25) is 0 Å². The van der Waals surface area contributed by atoms with Crippen molar-refractivity contribution in [1.82, 2.24) is 14.8 Å². The van der Waals surface area contributed by atoms with Crippen molar-refractivity contribution in [3.8, 4) is 22.9 Å². The number of rotatable bonds is 5. The summed E-state index contributed by atoms with van der Waals surface area (Å²) in [5.74, 6) is 2.78. The van der Waals surface area contributed by atoms with E-state index < -0.39 is 0 Å². The number of aromatic nitrogens is 3. The molecule has 1 aromatic heterocycles. The Hall–Kier alpha value is -3.35. The van der Waals surface area contributed by atoms with Crippen LogP contribution in [-0.4, -0.2) is 34.9 Å². The molecule has 7 nitrogen and oxygen atoms in total. The van der Waals surface area contributed by atoms with Crippen LogP contribution in [0.15, 0.2) is 36.4 Å². The van der Waals surface area contributed by atoms with Crippen LogP contribution in [0.25, 0.3) is 11.4 Å². The standard InChI is InChI=1S/C23H26N4O3/c1-15-8-9-16(22-26-25-21-7-5-4-6-12-27(21)22)13-18(15)24-23(28)17-10-11-19(29-2)20(14-17)30-3/h8-11,13-14H,4-7,12H2,1-3H3,(H,24,28). The molecule has 0 aliphatic carbocycles. The number of hydrogen-bond acceptors (Lipinski definition) is 5. The normalized spacial score (nSPS) is 13.3. The Morgan fingerprint density at radius 2 is 1.83 bits per heavy atom. The van der Waals surface area contributed by atoms with Gasteiger partial charge in [-0.2, -0.15) is 0 Å². The fourth-order valence-corrected chi connectivity index (χ4v) is 3.77. The lowest BCUT2D eigenvalue weighted by Gasteiger charge is -2.13. The van der Waals surface area contributed by atoms with Gasteiger partial charge in [-0.3, -0.25) is 4.79 Å². The third-order valence-corrected chi connectivity index (χ3v) is 5.50. The molecule has 0 unspecified atom stereocenters. The maximum absolute atomic E-state index is 12.9. The lowest BCUT2D eigenvalue weighted by Crippen LogP contribution is -2.13. The van der Waals surface area contributed by atoms with Gasteiger partial charge >= 0.3 is 0 Å². The second-order valence-electron chi connectivity index (χ2n) is 7.46. The van der Waals surface area contributed by atoms with Gasteiger partial charge < -0.3 is 19.4 Å². The molecule has 1 amide bonds. The van der Waals surface area contributed by atoms with E-state index in [-0.39, 0.29) is 5.91 Å². The van der Waals surface area contributed by atoms with E-state index in [2.05, 4.69) is 20.1 Å². The summed E-state index contributed by atoms with van der Waals surface area (Å²) in [6.45, 7) is 2.90. The molecule has 7 heteroatoms. The molecule has 2 aromatic carbocycles. The average molecular weight is 406 g/mol. The van der Waals surface area contributed by atoms with Gasteiger partial charge in [-0.1, -0.05) is 18.6 Å². The largest absolute Gasteiger partial charge is 0.493 e. The fourth-order valence-electron chi connectivity index (χ4n) is 3.77. The maximum atomic E-state index is 12.9. The third kappa shape index (κ3) is 3.87. The Kier molecular flexibility index (Phi) is 5.70. The molecule has 1 aliphatic heterocycles. The number of nitrogens with one attached hydrogen (secondary N) is 1. The number of carbonyl (C=O) groups excluding carboxylic acids is 1. The number of nitrogens with zero attached hydrogens (tertiary/aromatic N) is 3. The van der Waals surface area contributed by atoms with Crippen molar-refractivity contribution in [2.24, 2.45) is 0 Å². The molecule has 0 radical (unpaired) electrons. The predicted molar refractivity (Wildman–Crippen MR) is 115 cm³/mol. The molecule has 0 spiro atoms. The van der Waals surface area contributed by atoms with Crippen LogP contribution in [0.4, 0.5) is 5.69 Å². The molecule has 156 valence electrons. The first-order valence-electron chi connectivity index (χ1n) is 10.2. The highest BCUT2D eigenvalue weighted by Gasteiger charge is 2.18. The monoisotopic (exact) mass is 406 g/mol. The maximum Gasteiger partial charge on any atom is 0.255 e. The molecule has 30 heavy (non-hydrogen) atoms. The van der Waals surface area contributed by atoms with Crippen molar-refractivity contribution < 1.29 is 14.3 Å². The Morgan fingerprint density at radius 3 is 2.63 bits per heavy atom. The minimum Gasteiger partial charge on any atom is -0.493 e. The highest BCUT2D eigenvalue weighted by molar-refractivity contribution is 6.05. The summed E-state index contributed by atoms with van der Waals surface area (Å²) >= 11 is 0. The molecular formula is C23H26N4O3. The van der Waals surface area contributed by atoms with E-state index in [1.807, 2.05) is 25.1 Å². The average Bonchev–Trinajstić information content (AvgIpc) is 3.02. The topological polar surface area (TPSA) is 78.3 Å². The summed E-state index contributed by atoms with van der Waals surface area (Å²) in [4.78, 5) is 12.9. The van der Waals surface area contributed by atoms with Crippen molar-refractivity contribution in [3.63, 3.8) is 0 Å². The van der Waals surface area contributed by atoms with Crippen molar-refractivity contribution in [3.05, 3.63) is 53.3 Å². The molecular weight excluding hydrogens is 380 g/mol. The van der Waals surface area contributed by atoms with E-state index >= 15 is 0 Å². The number of methoxy groups -OCH3 is 2. The number of hydrogen-bond donors (Lipinski definition) is 1. The summed E-state index contributed by atoms with van der Waals surface area (Å²) in [7, 11) is 3.12. The van der Waals surface area contributed by atoms with Crippen LogP contribution in [-0.2, 0) is 13.0 Å². The quantitative estimate of drug-likeness (QED) is 0.685. The predicted octanol–water partition coefficient (Wildman–Crippen LogP) is 4.25. The van der Waals surface area contributed by atoms with Crippen LogP contribution in [0.1, 0.15) is 41.0 Å². The van der Waals surface area contributed by atoms with Crippen LogP contribution in [0, 0.1) is 6.92 Å². The van der Waals surface area contributed by atoms with Gasteiger partial charge in [-0.25, -0.2) is 0 Å². The zero-order chi connectivity index (χ0) is 21.1. The molecule has 1 aliphatic rings. The third-order valence-electron chi connectivity index (χ3n) is 5.50. The van der Waals surface area contributed by atoms with E-state index in [0.29, 0.717) is 17.1 Å². The van der Waals surface area contributed by atoms with Crippen LogP contribution >= 0.6 is 0 Å². The number of ether oxygens (including phenoxy) is 2. The Morgan fingerprint density at radius 1 is 1.00 bits per heavy atom. The Labute approximate surface area is 176 Å². The molecule has 1 N–H and O–H groups in total. The first kappa shape index (κ1) is 19.9. The first-order chi connectivity index (χ1) is 14.6. The number of aryl methyl sites for hydroxylation is 2. The minimum absolute atomic E-state index is 0.212. The molecule has 0 fully saturated rings. The number of fused-ring (bicyclic) bond motifs is 1. The number of benzene rings is 2. The van der Waals surface area contributed by atoms with Gasteiger partial charge in [-0.05, 0) is 49.6 Å². The zero-order valence-electron chi connectivity index (χ0n) is 17.6. The number of carbonyl (C=O) groups is 1. The van der Waals surface area contributed by atoms with Crippen LogP contribution in [0.5, 0.6) is 11.5 Å². The van der Waals surface area contributed by atoms with Crippen molar-refractivity contribution in [2.75, 3.05) is 19.5 Å². The fraction of sp³-hybridized carbons (Fsp3) is 0.348.